The molecule has 250 valence electrons. The van der Waals surface area contributed by atoms with E-state index in [2.05, 4.69) is 131 Å². The lowest BCUT2D eigenvalue weighted by atomic mass is 9.93. The molecule has 52 heavy (non-hydrogen) atoms. The molecule has 11 rings (SSSR count). The number of thiophene rings is 1. The highest BCUT2D eigenvalue weighted by atomic mass is 32.1. The average Bonchev–Trinajstić information content (AvgIpc) is 3.86. The zero-order valence-electron chi connectivity index (χ0n) is 28.9. The van der Waals surface area contributed by atoms with Crippen LogP contribution in [-0.4, -0.2) is 11.1 Å². The first-order valence-corrected chi connectivity index (χ1v) is 19.3. The molecule has 0 fully saturated rings. The summed E-state index contributed by atoms with van der Waals surface area (Å²) in [7, 11) is 0. The van der Waals surface area contributed by atoms with Crippen LogP contribution in [0.1, 0.15) is 41.7 Å². The summed E-state index contributed by atoms with van der Waals surface area (Å²) >= 11 is 1.99. The summed E-state index contributed by atoms with van der Waals surface area (Å²) in [6, 6.07) is 46.4. The fourth-order valence-electron chi connectivity index (χ4n) is 8.90. The summed E-state index contributed by atoms with van der Waals surface area (Å²) in [6.07, 6.45) is 7.84. The highest BCUT2D eigenvalue weighted by Crippen LogP contribution is 2.48. The first-order valence-electron chi connectivity index (χ1n) is 18.4. The third-order valence-electron chi connectivity index (χ3n) is 11.4. The van der Waals surface area contributed by atoms with Crippen LogP contribution in [-0.2, 0) is 6.42 Å². The molecule has 0 N–H and O–H groups in total. The Bertz CT molecular complexity index is 2900. The molecule has 9 aromatic rings. The maximum Gasteiger partial charge on any atom is 0.135 e. The van der Waals surface area contributed by atoms with Crippen molar-refractivity contribution in [1.82, 2.24) is 4.57 Å². The number of nitrogens with zero attached hydrogens (tertiary/aromatic N) is 2. The second kappa shape index (κ2) is 11.6. The van der Waals surface area contributed by atoms with E-state index in [1.54, 1.807) is 0 Å². The van der Waals surface area contributed by atoms with Gasteiger partial charge in [0, 0.05) is 60.0 Å². The predicted molar refractivity (Wildman–Crippen MR) is 223 cm³/mol. The summed E-state index contributed by atoms with van der Waals surface area (Å²) < 4.78 is 10.0. The van der Waals surface area contributed by atoms with Gasteiger partial charge in [-0.1, -0.05) is 85.4 Å². The normalized spacial score (nSPS) is 15.0. The van der Waals surface area contributed by atoms with Crippen molar-refractivity contribution in [1.29, 1.82) is 0 Å². The SMILES string of the molecule is C=C1CCCCN(c2cccc(-c3ccc4oc5ccccc5c4c3)c2)c2ccc3c4c(sc3c21)CCC(n1c2ccccc2c2ccccc21)=C4. The molecule has 0 saturated carbocycles. The molecule has 6 aromatic carbocycles. The fourth-order valence-corrected chi connectivity index (χ4v) is 10.3. The number of hydrogen-bond acceptors (Lipinski definition) is 3. The maximum atomic E-state index is 6.14. The number of rotatable bonds is 3. The van der Waals surface area contributed by atoms with Crippen LogP contribution in [0.15, 0.2) is 138 Å². The van der Waals surface area contributed by atoms with Gasteiger partial charge in [0.05, 0.1) is 16.7 Å². The van der Waals surface area contributed by atoms with Crippen LogP contribution < -0.4 is 4.90 Å². The summed E-state index contributed by atoms with van der Waals surface area (Å²) in [5.74, 6) is 0. The zero-order valence-corrected chi connectivity index (χ0v) is 29.7. The van der Waals surface area contributed by atoms with Crippen molar-refractivity contribution in [3.05, 3.63) is 150 Å². The highest BCUT2D eigenvalue weighted by Gasteiger charge is 2.26. The quantitative estimate of drug-likeness (QED) is 0.184. The zero-order chi connectivity index (χ0) is 34.3. The minimum absolute atomic E-state index is 0.928. The predicted octanol–water partition coefficient (Wildman–Crippen LogP) is 13.9. The summed E-state index contributed by atoms with van der Waals surface area (Å²) in [6.45, 7) is 5.71. The summed E-state index contributed by atoms with van der Waals surface area (Å²) in [4.78, 5) is 4.03. The van der Waals surface area contributed by atoms with E-state index in [0.717, 1.165) is 60.6 Å². The summed E-state index contributed by atoms with van der Waals surface area (Å²) in [5.41, 5.74) is 14.7. The minimum Gasteiger partial charge on any atom is -0.456 e. The van der Waals surface area contributed by atoms with E-state index >= 15 is 0 Å². The standard InChI is InChI=1S/C48H36N2OS/c1-30-11-8-9-26-49(33-13-10-12-31(27-33)32-20-24-45-39(28-32)37-16-4-7-19-44(37)51-45)43-23-22-38-40-29-34(21-25-46(40)52-48(38)47(30)43)50-41-17-5-2-14-35(41)36-15-3-6-18-42(36)50/h2-7,10,12-20,22-24,27-29H,1,8-9,11,21,25-26H2. The van der Waals surface area contributed by atoms with Gasteiger partial charge in [-0.2, -0.15) is 0 Å². The average molecular weight is 689 g/mol. The van der Waals surface area contributed by atoms with Gasteiger partial charge in [-0.25, -0.2) is 0 Å². The number of furan rings is 1. The number of benzene rings is 6. The molecular formula is C48H36N2OS. The second-order valence-electron chi connectivity index (χ2n) is 14.4. The third kappa shape index (κ3) is 4.50. The van der Waals surface area contributed by atoms with Crippen LogP contribution in [0.4, 0.5) is 11.4 Å². The van der Waals surface area contributed by atoms with E-state index in [1.165, 1.54) is 81.7 Å². The van der Waals surface area contributed by atoms with Crippen molar-refractivity contribution < 1.29 is 4.42 Å². The maximum absolute atomic E-state index is 6.14. The Hall–Kier alpha value is -5.84. The Balaban J connectivity index is 1.03. The van der Waals surface area contributed by atoms with Crippen LogP contribution in [0.5, 0.6) is 0 Å². The van der Waals surface area contributed by atoms with E-state index in [4.69, 9.17) is 11.0 Å². The molecule has 3 nitrogen and oxygen atoms in total. The third-order valence-corrected chi connectivity index (χ3v) is 12.7. The van der Waals surface area contributed by atoms with Gasteiger partial charge in [-0.3, -0.25) is 0 Å². The van der Waals surface area contributed by atoms with Crippen LogP contribution in [0.2, 0.25) is 0 Å². The number of aryl methyl sites for hydroxylation is 1. The second-order valence-corrected chi connectivity index (χ2v) is 15.5. The van der Waals surface area contributed by atoms with E-state index in [1.807, 2.05) is 23.5 Å². The molecule has 0 atom stereocenters. The smallest absolute Gasteiger partial charge is 0.135 e. The number of fused-ring (bicyclic) bond motifs is 11. The van der Waals surface area contributed by atoms with Gasteiger partial charge < -0.3 is 13.9 Å². The van der Waals surface area contributed by atoms with Crippen molar-refractivity contribution in [3.63, 3.8) is 0 Å². The van der Waals surface area contributed by atoms with Crippen molar-refractivity contribution in [2.75, 3.05) is 11.4 Å². The fraction of sp³-hybridized carbons (Fsp3) is 0.125. The van der Waals surface area contributed by atoms with Gasteiger partial charge in [-0.15, -0.1) is 11.3 Å². The Labute approximate surface area is 306 Å². The molecule has 1 aliphatic carbocycles. The van der Waals surface area contributed by atoms with Gasteiger partial charge in [-0.05, 0) is 109 Å². The van der Waals surface area contributed by atoms with Crippen LogP contribution in [0, 0.1) is 0 Å². The molecule has 3 aromatic heterocycles. The van der Waals surface area contributed by atoms with Crippen molar-refractivity contribution in [2.24, 2.45) is 0 Å². The summed E-state index contributed by atoms with van der Waals surface area (Å²) in [5, 5.41) is 6.31. The van der Waals surface area contributed by atoms with Crippen molar-refractivity contribution in [2.45, 2.75) is 32.1 Å². The minimum atomic E-state index is 0.928. The Morgan fingerprint density at radius 1 is 0.596 bits per heavy atom. The molecular weight excluding hydrogens is 653 g/mol. The number of aromatic nitrogens is 1. The van der Waals surface area contributed by atoms with Gasteiger partial charge in [0.2, 0.25) is 0 Å². The number of anilines is 2. The van der Waals surface area contributed by atoms with Gasteiger partial charge in [0.25, 0.3) is 0 Å². The molecule has 0 saturated heterocycles. The lowest BCUT2D eigenvalue weighted by Gasteiger charge is -2.31. The van der Waals surface area contributed by atoms with Gasteiger partial charge >= 0.3 is 0 Å². The lowest BCUT2D eigenvalue weighted by Crippen LogP contribution is -2.21. The van der Waals surface area contributed by atoms with E-state index in [0.29, 0.717) is 0 Å². The molecule has 4 heteroatoms. The number of para-hydroxylation sites is 3. The molecule has 4 heterocycles. The van der Waals surface area contributed by atoms with Crippen molar-refractivity contribution in [3.8, 4) is 11.1 Å². The first kappa shape index (κ1) is 29.8. The molecule has 0 unspecified atom stereocenters. The Morgan fingerprint density at radius 2 is 1.35 bits per heavy atom. The Morgan fingerprint density at radius 3 is 2.19 bits per heavy atom. The first-order chi connectivity index (χ1) is 25.7. The highest BCUT2D eigenvalue weighted by molar-refractivity contribution is 7.19. The van der Waals surface area contributed by atoms with Crippen LogP contribution in [0.25, 0.3) is 82.3 Å². The van der Waals surface area contributed by atoms with Crippen molar-refractivity contribution >= 4 is 93.9 Å². The molecule has 0 spiro atoms. The molecule has 1 aliphatic heterocycles. The lowest BCUT2D eigenvalue weighted by molar-refractivity contribution is 0.669. The Kier molecular flexibility index (Phi) is 6.65. The molecule has 0 amide bonds. The van der Waals surface area contributed by atoms with Gasteiger partial charge in [0.1, 0.15) is 11.2 Å². The number of hydrogen-bond donors (Lipinski definition) is 0. The molecule has 0 radical (unpaired) electrons. The van der Waals surface area contributed by atoms with E-state index in [9.17, 15) is 0 Å². The van der Waals surface area contributed by atoms with E-state index in [-0.39, 0.29) is 0 Å². The number of allylic oxidation sites excluding steroid dienone is 2. The topological polar surface area (TPSA) is 21.3 Å². The van der Waals surface area contributed by atoms with Crippen LogP contribution in [0.3, 0.4) is 0 Å². The van der Waals surface area contributed by atoms with Crippen LogP contribution >= 0.6 is 11.3 Å². The molecule has 2 aliphatic rings. The molecule has 0 bridgehead atoms. The van der Waals surface area contributed by atoms with E-state index < -0.39 is 0 Å². The largest absolute Gasteiger partial charge is 0.456 e. The van der Waals surface area contributed by atoms with Gasteiger partial charge in [0.15, 0.2) is 0 Å². The monoisotopic (exact) mass is 688 g/mol.